The summed E-state index contributed by atoms with van der Waals surface area (Å²) in [5.74, 6) is -0.250. The molecule has 414 valence electrons. The summed E-state index contributed by atoms with van der Waals surface area (Å²) in [4.78, 5) is 25.5. The lowest BCUT2D eigenvalue weighted by Crippen LogP contribution is -2.45. The van der Waals surface area contributed by atoms with E-state index in [-0.39, 0.29) is 18.9 Å². The minimum atomic E-state index is -4.63. The van der Waals surface area contributed by atoms with Crippen molar-refractivity contribution in [3.63, 3.8) is 0 Å². The van der Waals surface area contributed by atoms with Gasteiger partial charge in [-0.15, -0.1) is 0 Å². The highest BCUT2D eigenvalue weighted by Gasteiger charge is 2.23. The van der Waals surface area contributed by atoms with E-state index in [1.54, 1.807) is 6.08 Å². The smallest absolute Gasteiger partial charge is 0.268 e. The van der Waals surface area contributed by atoms with Crippen LogP contribution in [0.4, 0.5) is 0 Å². The van der Waals surface area contributed by atoms with Crippen LogP contribution in [0.2, 0.25) is 0 Å². The van der Waals surface area contributed by atoms with Gasteiger partial charge in [0.05, 0.1) is 39.9 Å². The standard InChI is InChI=1S/C64H107N2O6P/c1-6-8-10-12-14-16-18-20-22-24-26-28-29-30-31-32-33-34-35-36-37-38-40-42-44-46-48-50-52-54-56-58-64(68)65-62(61-72-73(69,70)71-60-59-66(3,4)5)63(67)57-55-53-51-49-47-45-43-41-39-27-25-23-21-19-17-15-13-11-9-7-2/h8,10,14,16,20,22,26,28,30-31,33-34,36-37,39-42,46-49,55,57,62-63,67H,6-7,9,11-13,15,17-19,21,23-25,27,29,32,35,38,43-45,50-54,56,58-61H2,1-5H3,(H-,65,68,69,70)/b10-8-,16-14-,22-20-,28-26-,31-30-,34-33-,37-36-,41-39+,42-40-,48-46-,49-47+,57-55+. The largest absolute Gasteiger partial charge is 0.756 e. The van der Waals surface area contributed by atoms with Gasteiger partial charge in [-0.2, -0.15) is 0 Å². The van der Waals surface area contributed by atoms with Gasteiger partial charge in [-0.1, -0.05) is 224 Å². The first-order valence-electron chi connectivity index (χ1n) is 28.7. The van der Waals surface area contributed by atoms with Gasteiger partial charge in [-0.25, -0.2) is 0 Å². The number of phosphoric acid groups is 1. The average molecular weight is 1030 g/mol. The summed E-state index contributed by atoms with van der Waals surface area (Å²) >= 11 is 0. The molecule has 0 aromatic heterocycles. The highest BCUT2D eigenvalue weighted by molar-refractivity contribution is 7.45. The van der Waals surface area contributed by atoms with Crippen LogP contribution in [-0.2, 0) is 18.4 Å². The van der Waals surface area contributed by atoms with E-state index in [9.17, 15) is 19.4 Å². The molecule has 0 rings (SSSR count). The van der Waals surface area contributed by atoms with Gasteiger partial charge < -0.3 is 28.8 Å². The maximum absolute atomic E-state index is 13.0. The number of hydrogen-bond donors (Lipinski definition) is 2. The van der Waals surface area contributed by atoms with Crippen LogP contribution >= 0.6 is 7.82 Å². The summed E-state index contributed by atoms with van der Waals surface area (Å²) in [6, 6.07) is -0.940. The molecule has 73 heavy (non-hydrogen) atoms. The van der Waals surface area contributed by atoms with Crippen LogP contribution in [0, 0.1) is 0 Å². The highest BCUT2D eigenvalue weighted by Crippen LogP contribution is 2.38. The second kappa shape index (κ2) is 53.2. The van der Waals surface area contributed by atoms with Crippen molar-refractivity contribution >= 4 is 13.7 Å². The lowest BCUT2D eigenvalue weighted by Gasteiger charge is -2.29. The fourth-order valence-corrected chi connectivity index (χ4v) is 8.02. The number of phosphoric ester groups is 1. The van der Waals surface area contributed by atoms with E-state index < -0.39 is 26.6 Å². The Morgan fingerprint density at radius 2 is 0.849 bits per heavy atom. The molecule has 0 aliphatic heterocycles. The molecular formula is C64H107N2O6P. The van der Waals surface area contributed by atoms with Gasteiger partial charge in [-0.05, 0) is 116 Å². The summed E-state index contributed by atoms with van der Waals surface area (Å²) in [7, 11) is 1.19. The van der Waals surface area contributed by atoms with Crippen molar-refractivity contribution in [1.82, 2.24) is 5.32 Å². The van der Waals surface area contributed by atoms with Crippen molar-refractivity contribution in [3.8, 4) is 0 Å². The lowest BCUT2D eigenvalue weighted by atomic mass is 10.1. The molecule has 0 aliphatic rings. The zero-order valence-electron chi connectivity index (χ0n) is 47.0. The summed E-state index contributed by atoms with van der Waals surface area (Å²) in [6.45, 7) is 4.46. The van der Waals surface area contributed by atoms with E-state index in [1.807, 2.05) is 27.2 Å². The molecule has 0 fully saturated rings. The van der Waals surface area contributed by atoms with Gasteiger partial charge in [0, 0.05) is 6.42 Å². The third-order valence-corrected chi connectivity index (χ3v) is 12.7. The Morgan fingerprint density at radius 1 is 0.493 bits per heavy atom. The van der Waals surface area contributed by atoms with Gasteiger partial charge in [0.2, 0.25) is 5.91 Å². The normalized spacial score (nSPS) is 15.0. The van der Waals surface area contributed by atoms with E-state index >= 15 is 0 Å². The Kier molecular flexibility index (Phi) is 50.6. The van der Waals surface area contributed by atoms with Gasteiger partial charge >= 0.3 is 0 Å². The van der Waals surface area contributed by atoms with Crippen molar-refractivity contribution in [1.29, 1.82) is 0 Å². The molecule has 9 heteroatoms. The van der Waals surface area contributed by atoms with Crippen LogP contribution in [0.25, 0.3) is 0 Å². The van der Waals surface area contributed by atoms with E-state index in [4.69, 9.17) is 9.05 Å². The predicted molar refractivity (Wildman–Crippen MR) is 315 cm³/mol. The van der Waals surface area contributed by atoms with Crippen molar-refractivity contribution in [2.24, 2.45) is 0 Å². The molecule has 0 saturated heterocycles. The molecule has 0 radical (unpaired) electrons. The molecular weight excluding hydrogens is 924 g/mol. The first-order valence-corrected chi connectivity index (χ1v) is 30.2. The van der Waals surface area contributed by atoms with Crippen LogP contribution < -0.4 is 10.2 Å². The molecule has 0 heterocycles. The Balaban J connectivity index is 4.41. The third-order valence-electron chi connectivity index (χ3n) is 11.8. The number of aliphatic hydroxyl groups is 1. The van der Waals surface area contributed by atoms with Crippen molar-refractivity contribution in [2.45, 2.75) is 212 Å². The Hall–Kier alpha value is -3.62. The summed E-state index contributed by atoms with van der Waals surface area (Å²) in [5, 5.41) is 13.8. The van der Waals surface area contributed by atoms with Gasteiger partial charge in [-0.3, -0.25) is 9.36 Å². The summed E-state index contributed by atoms with van der Waals surface area (Å²) in [6.07, 6.45) is 82.1. The number of nitrogens with zero attached hydrogens (tertiary/aromatic N) is 1. The lowest BCUT2D eigenvalue weighted by molar-refractivity contribution is -0.870. The Labute approximate surface area is 449 Å². The van der Waals surface area contributed by atoms with Crippen molar-refractivity contribution in [2.75, 3.05) is 40.9 Å². The van der Waals surface area contributed by atoms with Crippen LogP contribution in [0.1, 0.15) is 200 Å². The molecule has 3 atom stereocenters. The maximum Gasteiger partial charge on any atom is 0.268 e. The second-order valence-electron chi connectivity index (χ2n) is 19.9. The zero-order chi connectivity index (χ0) is 53.5. The monoisotopic (exact) mass is 1030 g/mol. The first-order chi connectivity index (χ1) is 35.5. The molecule has 3 unspecified atom stereocenters. The Bertz CT molecular complexity index is 1690. The number of likely N-dealkylation sites (N-methyl/N-ethyl adjacent to an activating group) is 1. The second-order valence-corrected chi connectivity index (χ2v) is 21.3. The van der Waals surface area contributed by atoms with Crippen molar-refractivity contribution < 1.29 is 32.9 Å². The molecule has 0 spiro atoms. The minimum absolute atomic E-state index is 0.0245. The van der Waals surface area contributed by atoms with E-state index in [1.165, 1.54) is 70.6 Å². The molecule has 0 aromatic rings. The molecule has 0 bridgehead atoms. The third kappa shape index (κ3) is 56.0. The average Bonchev–Trinajstić information content (AvgIpc) is 3.35. The van der Waals surface area contributed by atoms with Gasteiger partial charge in [0.25, 0.3) is 7.82 Å². The number of rotatable bonds is 50. The number of carbonyl (C=O) groups excluding carboxylic acids is 1. The predicted octanol–water partition coefficient (Wildman–Crippen LogP) is 17.1. The van der Waals surface area contributed by atoms with Crippen LogP contribution in [-0.4, -0.2) is 68.5 Å². The SMILES string of the molecule is CC/C=C\C/C=C\C/C=C\C/C=C\C/C=C\C/C=C\C/C=C\C/C=C\C/C=C\CCCCCC(=O)NC(COP(=O)([O-])OCC[N+](C)(C)C)C(O)/C=C/CC/C=C/CC/C=C/CCCCCCCCCCCC. The topological polar surface area (TPSA) is 108 Å². The number of unbranched alkanes of at least 4 members (excludes halogenated alkanes) is 15. The zero-order valence-corrected chi connectivity index (χ0v) is 47.9. The Morgan fingerprint density at radius 3 is 1.27 bits per heavy atom. The maximum atomic E-state index is 13.0. The van der Waals surface area contributed by atoms with Crippen LogP contribution in [0.5, 0.6) is 0 Å². The summed E-state index contributed by atoms with van der Waals surface area (Å²) in [5.41, 5.74) is 0. The molecule has 0 aliphatic carbocycles. The molecule has 2 N–H and O–H groups in total. The quantitative estimate of drug-likeness (QED) is 0.0272. The van der Waals surface area contributed by atoms with E-state index in [0.29, 0.717) is 23.9 Å². The number of aliphatic hydroxyl groups excluding tert-OH is 1. The molecule has 8 nitrogen and oxygen atoms in total. The first kappa shape index (κ1) is 69.4. The number of nitrogens with one attached hydrogen (secondary N) is 1. The number of quaternary nitrogens is 1. The number of allylic oxidation sites excluding steroid dienone is 23. The molecule has 0 aromatic carbocycles. The van der Waals surface area contributed by atoms with Crippen molar-refractivity contribution in [3.05, 3.63) is 146 Å². The highest BCUT2D eigenvalue weighted by atomic mass is 31.2. The summed E-state index contributed by atoms with van der Waals surface area (Å²) < 4.78 is 23.3. The fourth-order valence-electron chi connectivity index (χ4n) is 7.29. The van der Waals surface area contributed by atoms with E-state index in [0.717, 1.165) is 96.3 Å². The minimum Gasteiger partial charge on any atom is -0.756 e. The molecule has 0 saturated carbocycles. The number of hydrogen-bond acceptors (Lipinski definition) is 6. The number of amides is 1. The van der Waals surface area contributed by atoms with E-state index in [2.05, 4.69) is 153 Å². The fraction of sp³-hybridized carbons (Fsp3) is 0.609. The number of carbonyl (C=O) groups is 1. The van der Waals surface area contributed by atoms with Gasteiger partial charge in [0.1, 0.15) is 13.2 Å². The molecule has 1 amide bonds. The van der Waals surface area contributed by atoms with Crippen LogP contribution in [0.15, 0.2) is 146 Å². The van der Waals surface area contributed by atoms with Gasteiger partial charge in [0.15, 0.2) is 0 Å². The van der Waals surface area contributed by atoms with Crippen LogP contribution in [0.3, 0.4) is 0 Å².